The molecule has 20 heavy (non-hydrogen) atoms. The molecule has 3 rings (SSSR count). The molecule has 1 aromatic carbocycles. The molecular weight excluding hydrogens is 252 g/mol. The molecule has 0 unspecified atom stereocenters. The molecule has 0 atom stereocenters. The summed E-state index contributed by atoms with van der Waals surface area (Å²) in [5.74, 6) is 0.795. The van der Waals surface area contributed by atoms with Crippen molar-refractivity contribution in [2.24, 2.45) is 0 Å². The summed E-state index contributed by atoms with van der Waals surface area (Å²) in [6.45, 7) is 6.15. The largest absolute Gasteiger partial charge is 0.370 e. The van der Waals surface area contributed by atoms with Crippen LogP contribution in [0.2, 0.25) is 0 Å². The Kier molecular flexibility index (Phi) is 3.99. The van der Waals surface area contributed by atoms with E-state index in [2.05, 4.69) is 20.5 Å². The van der Waals surface area contributed by atoms with Gasteiger partial charge in [-0.1, -0.05) is 18.2 Å². The highest BCUT2D eigenvalue weighted by molar-refractivity contribution is 5.83. The van der Waals surface area contributed by atoms with Gasteiger partial charge in [0.15, 0.2) is 0 Å². The number of fused-ring (bicyclic) bond motifs is 1. The van der Waals surface area contributed by atoms with Crippen LogP contribution >= 0.6 is 0 Å². The standard InChI is InChI=1S/C15H20N4O/c20-15-13-4-2-1-3-12(13)11-14(18-15)17-7-10-19-8-5-16-6-9-19/h1-4,11,16H,5-10H2,(H2,17,18,20). The maximum Gasteiger partial charge on any atom is 0.257 e. The summed E-state index contributed by atoms with van der Waals surface area (Å²) in [5.41, 5.74) is -0.0345. The van der Waals surface area contributed by atoms with Crippen LogP contribution in [0, 0.1) is 0 Å². The van der Waals surface area contributed by atoms with Gasteiger partial charge in [-0.15, -0.1) is 0 Å². The van der Waals surface area contributed by atoms with Gasteiger partial charge in [0.1, 0.15) is 5.82 Å². The number of H-pyrrole nitrogens is 1. The van der Waals surface area contributed by atoms with E-state index < -0.39 is 0 Å². The van der Waals surface area contributed by atoms with E-state index in [1.807, 2.05) is 30.3 Å². The number of nitrogens with zero attached hydrogens (tertiary/aromatic N) is 1. The predicted octanol–water partition coefficient (Wildman–Crippen LogP) is 0.845. The average molecular weight is 272 g/mol. The lowest BCUT2D eigenvalue weighted by Gasteiger charge is -2.27. The lowest BCUT2D eigenvalue weighted by Crippen LogP contribution is -2.45. The summed E-state index contributed by atoms with van der Waals surface area (Å²) in [6.07, 6.45) is 0. The predicted molar refractivity (Wildman–Crippen MR) is 82.4 cm³/mol. The normalized spacial score (nSPS) is 16.4. The van der Waals surface area contributed by atoms with Gasteiger partial charge in [0.2, 0.25) is 0 Å². The Morgan fingerprint density at radius 2 is 2.00 bits per heavy atom. The molecule has 5 nitrogen and oxygen atoms in total. The monoisotopic (exact) mass is 272 g/mol. The van der Waals surface area contributed by atoms with Gasteiger partial charge in [0.05, 0.1) is 0 Å². The van der Waals surface area contributed by atoms with Gasteiger partial charge in [-0.05, 0) is 17.5 Å². The Bertz CT molecular complexity index is 631. The third-order valence-electron chi connectivity index (χ3n) is 3.71. The number of anilines is 1. The van der Waals surface area contributed by atoms with Crippen molar-refractivity contribution in [2.45, 2.75) is 0 Å². The average Bonchev–Trinajstić information content (AvgIpc) is 2.48. The van der Waals surface area contributed by atoms with Crippen molar-refractivity contribution >= 4 is 16.6 Å². The lowest BCUT2D eigenvalue weighted by atomic mass is 10.2. The molecule has 0 bridgehead atoms. The Hall–Kier alpha value is -1.85. The smallest absolute Gasteiger partial charge is 0.257 e. The van der Waals surface area contributed by atoms with Crippen molar-refractivity contribution < 1.29 is 0 Å². The molecule has 2 aromatic rings. The Labute approximate surface area is 118 Å². The van der Waals surface area contributed by atoms with Crippen molar-refractivity contribution in [3.8, 4) is 0 Å². The Balaban J connectivity index is 1.64. The summed E-state index contributed by atoms with van der Waals surface area (Å²) in [4.78, 5) is 17.3. The first-order valence-electron chi connectivity index (χ1n) is 7.12. The van der Waals surface area contributed by atoms with Crippen LogP contribution in [0.3, 0.4) is 0 Å². The van der Waals surface area contributed by atoms with E-state index in [1.165, 1.54) is 0 Å². The number of benzene rings is 1. The van der Waals surface area contributed by atoms with Gasteiger partial charge in [-0.3, -0.25) is 9.69 Å². The molecule has 3 N–H and O–H groups in total. The zero-order valence-corrected chi connectivity index (χ0v) is 11.5. The van der Waals surface area contributed by atoms with Crippen LogP contribution in [-0.4, -0.2) is 49.2 Å². The molecule has 0 saturated carbocycles. The number of hydrogen-bond donors (Lipinski definition) is 3. The van der Waals surface area contributed by atoms with Gasteiger partial charge in [0.25, 0.3) is 5.56 Å². The molecule has 0 amide bonds. The number of hydrogen-bond acceptors (Lipinski definition) is 4. The van der Waals surface area contributed by atoms with Crippen molar-refractivity contribution in [3.63, 3.8) is 0 Å². The summed E-state index contributed by atoms with van der Waals surface area (Å²) in [6, 6.07) is 9.64. The number of rotatable bonds is 4. The molecule has 0 radical (unpaired) electrons. The van der Waals surface area contributed by atoms with Crippen molar-refractivity contribution in [1.82, 2.24) is 15.2 Å². The minimum atomic E-state index is -0.0345. The Morgan fingerprint density at radius 1 is 1.20 bits per heavy atom. The van der Waals surface area contributed by atoms with E-state index in [0.29, 0.717) is 0 Å². The van der Waals surface area contributed by atoms with Gasteiger partial charge < -0.3 is 15.6 Å². The van der Waals surface area contributed by atoms with Crippen LogP contribution < -0.4 is 16.2 Å². The fraction of sp³-hybridized carbons (Fsp3) is 0.400. The summed E-state index contributed by atoms with van der Waals surface area (Å²) >= 11 is 0. The van der Waals surface area contributed by atoms with Crippen LogP contribution in [-0.2, 0) is 0 Å². The number of aromatic amines is 1. The van der Waals surface area contributed by atoms with E-state index in [1.54, 1.807) is 0 Å². The topological polar surface area (TPSA) is 60.2 Å². The van der Waals surface area contributed by atoms with E-state index in [4.69, 9.17) is 0 Å². The zero-order chi connectivity index (χ0) is 13.8. The third-order valence-corrected chi connectivity index (χ3v) is 3.71. The highest BCUT2D eigenvalue weighted by Gasteiger charge is 2.08. The maximum absolute atomic E-state index is 12.0. The lowest BCUT2D eigenvalue weighted by molar-refractivity contribution is 0.249. The van der Waals surface area contributed by atoms with Crippen molar-refractivity contribution in [2.75, 3.05) is 44.6 Å². The number of aromatic nitrogens is 1. The van der Waals surface area contributed by atoms with Gasteiger partial charge >= 0.3 is 0 Å². The minimum absolute atomic E-state index is 0.0345. The molecule has 1 aromatic heterocycles. The fourth-order valence-corrected chi connectivity index (χ4v) is 2.59. The molecule has 1 fully saturated rings. The van der Waals surface area contributed by atoms with E-state index >= 15 is 0 Å². The van der Waals surface area contributed by atoms with Crippen LogP contribution in [0.5, 0.6) is 0 Å². The second-order valence-electron chi connectivity index (χ2n) is 5.12. The third kappa shape index (κ3) is 3.00. The van der Waals surface area contributed by atoms with Gasteiger partial charge in [-0.25, -0.2) is 0 Å². The molecule has 5 heteroatoms. The SMILES string of the molecule is O=c1[nH]c(NCCN2CCNCC2)cc2ccccc12. The fourth-order valence-electron chi connectivity index (χ4n) is 2.59. The molecule has 2 heterocycles. The summed E-state index contributed by atoms with van der Waals surface area (Å²) < 4.78 is 0. The first-order valence-corrected chi connectivity index (χ1v) is 7.12. The minimum Gasteiger partial charge on any atom is -0.370 e. The second kappa shape index (κ2) is 6.07. The maximum atomic E-state index is 12.0. The Morgan fingerprint density at radius 3 is 2.85 bits per heavy atom. The number of nitrogens with one attached hydrogen (secondary N) is 3. The zero-order valence-electron chi connectivity index (χ0n) is 11.5. The highest BCUT2D eigenvalue weighted by atomic mass is 16.1. The van der Waals surface area contributed by atoms with Crippen LogP contribution in [0.25, 0.3) is 10.8 Å². The molecule has 106 valence electrons. The van der Waals surface area contributed by atoms with Crippen LogP contribution in [0.1, 0.15) is 0 Å². The molecule has 1 aliphatic rings. The molecule has 1 saturated heterocycles. The summed E-state index contributed by atoms with van der Waals surface area (Å²) in [5, 5.41) is 8.36. The van der Waals surface area contributed by atoms with E-state index in [0.717, 1.165) is 55.9 Å². The first-order chi connectivity index (χ1) is 9.83. The van der Waals surface area contributed by atoms with E-state index in [-0.39, 0.29) is 5.56 Å². The van der Waals surface area contributed by atoms with Crippen LogP contribution in [0.15, 0.2) is 35.1 Å². The summed E-state index contributed by atoms with van der Waals surface area (Å²) in [7, 11) is 0. The van der Waals surface area contributed by atoms with E-state index in [9.17, 15) is 4.79 Å². The highest BCUT2D eigenvalue weighted by Crippen LogP contribution is 2.12. The van der Waals surface area contributed by atoms with Crippen molar-refractivity contribution in [3.05, 3.63) is 40.7 Å². The first kappa shape index (κ1) is 13.1. The molecule has 0 aliphatic carbocycles. The second-order valence-corrected chi connectivity index (χ2v) is 5.12. The van der Waals surface area contributed by atoms with Gasteiger partial charge in [-0.2, -0.15) is 0 Å². The quantitative estimate of drug-likeness (QED) is 0.772. The van der Waals surface area contributed by atoms with Crippen LogP contribution in [0.4, 0.5) is 5.82 Å². The molecular formula is C15H20N4O. The molecule has 0 spiro atoms. The number of pyridine rings is 1. The molecule has 1 aliphatic heterocycles. The van der Waals surface area contributed by atoms with Crippen molar-refractivity contribution in [1.29, 1.82) is 0 Å². The van der Waals surface area contributed by atoms with Gasteiger partial charge in [0, 0.05) is 44.7 Å². The number of piperazine rings is 1.